The molecular weight excluding hydrogens is 426 g/mol. The van der Waals surface area contributed by atoms with Gasteiger partial charge in [0.05, 0.1) is 22.6 Å². The molecule has 0 unspecified atom stereocenters. The highest BCUT2D eigenvalue weighted by atomic mass is 79.9. The van der Waals surface area contributed by atoms with Crippen LogP contribution >= 0.6 is 27.5 Å². The van der Waals surface area contributed by atoms with Crippen LogP contribution in [-0.2, 0) is 13.1 Å². The van der Waals surface area contributed by atoms with Gasteiger partial charge in [-0.3, -0.25) is 4.79 Å². The Hall–Kier alpha value is -1.85. The minimum absolute atomic E-state index is 0.0133. The molecule has 0 bridgehead atoms. The van der Waals surface area contributed by atoms with Gasteiger partial charge in [-0.25, -0.2) is 4.98 Å². The standard InChI is InChI=1S/C21H23BrClN3O/c1-3-11-25(21(27)15-7-5-8-16(22)13-15)14-19-24-18-10-6-9-17(23)20(18)26(19)12-4-2/h5-10,13H,3-4,11-12,14H2,1-2H3. The van der Waals surface area contributed by atoms with Crippen LogP contribution in [0.15, 0.2) is 46.9 Å². The molecule has 0 aliphatic rings. The number of benzene rings is 2. The van der Waals surface area contributed by atoms with Gasteiger partial charge in [0.1, 0.15) is 5.82 Å². The molecule has 142 valence electrons. The van der Waals surface area contributed by atoms with E-state index < -0.39 is 0 Å². The van der Waals surface area contributed by atoms with Crippen LogP contribution in [0.5, 0.6) is 0 Å². The zero-order valence-electron chi connectivity index (χ0n) is 15.6. The van der Waals surface area contributed by atoms with Crippen LogP contribution in [0.4, 0.5) is 0 Å². The number of nitrogens with zero attached hydrogens (tertiary/aromatic N) is 3. The van der Waals surface area contributed by atoms with E-state index in [1.54, 1.807) is 0 Å². The number of halogens is 2. The molecule has 0 N–H and O–H groups in total. The summed E-state index contributed by atoms with van der Waals surface area (Å²) in [5, 5.41) is 0.694. The molecule has 0 saturated heterocycles. The van der Waals surface area contributed by atoms with Crippen molar-refractivity contribution >= 4 is 44.5 Å². The fourth-order valence-electron chi connectivity index (χ4n) is 3.27. The van der Waals surface area contributed by atoms with Gasteiger partial charge in [-0.15, -0.1) is 0 Å². The van der Waals surface area contributed by atoms with E-state index in [1.807, 2.05) is 47.4 Å². The number of imidazole rings is 1. The molecule has 0 atom stereocenters. The Kier molecular flexibility index (Phi) is 6.55. The van der Waals surface area contributed by atoms with Gasteiger partial charge < -0.3 is 9.47 Å². The van der Waals surface area contributed by atoms with Crippen molar-refractivity contribution in [3.8, 4) is 0 Å². The number of rotatable bonds is 7. The lowest BCUT2D eigenvalue weighted by Crippen LogP contribution is -2.32. The molecule has 6 heteroatoms. The minimum Gasteiger partial charge on any atom is -0.331 e. The summed E-state index contributed by atoms with van der Waals surface area (Å²) in [5.74, 6) is 0.885. The molecule has 0 aliphatic carbocycles. The van der Waals surface area contributed by atoms with Crippen LogP contribution in [0.2, 0.25) is 5.02 Å². The van der Waals surface area contributed by atoms with Crippen molar-refractivity contribution < 1.29 is 4.79 Å². The molecule has 0 radical (unpaired) electrons. The largest absolute Gasteiger partial charge is 0.331 e. The van der Waals surface area contributed by atoms with E-state index in [0.29, 0.717) is 23.7 Å². The maximum absolute atomic E-state index is 13.1. The molecule has 1 aromatic heterocycles. The van der Waals surface area contributed by atoms with Crippen LogP contribution in [0.25, 0.3) is 11.0 Å². The molecule has 0 spiro atoms. The summed E-state index contributed by atoms with van der Waals surface area (Å²) in [6.07, 6.45) is 1.85. The summed E-state index contributed by atoms with van der Waals surface area (Å²) in [6, 6.07) is 13.3. The summed E-state index contributed by atoms with van der Waals surface area (Å²) in [5.41, 5.74) is 2.49. The highest BCUT2D eigenvalue weighted by molar-refractivity contribution is 9.10. The maximum atomic E-state index is 13.1. The Balaban J connectivity index is 1.98. The zero-order chi connectivity index (χ0) is 19.4. The number of amides is 1. The lowest BCUT2D eigenvalue weighted by molar-refractivity contribution is 0.0737. The van der Waals surface area contributed by atoms with Gasteiger partial charge in [0.15, 0.2) is 0 Å². The number of para-hydroxylation sites is 1. The van der Waals surface area contributed by atoms with Crippen LogP contribution in [0, 0.1) is 0 Å². The predicted octanol–water partition coefficient (Wildman–Crippen LogP) is 5.91. The van der Waals surface area contributed by atoms with Gasteiger partial charge in [0.2, 0.25) is 0 Å². The molecule has 0 fully saturated rings. The average molecular weight is 449 g/mol. The third-order valence-corrected chi connectivity index (χ3v) is 5.23. The van der Waals surface area contributed by atoms with E-state index in [0.717, 1.165) is 40.7 Å². The Morgan fingerprint density at radius 3 is 2.67 bits per heavy atom. The van der Waals surface area contributed by atoms with Crippen molar-refractivity contribution in [1.29, 1.82) is 0 Å². The summed E-state index contributed by atoms with van der Waals surface area (Å²) < 4.78 is 3.05. The molecule has 0 aliphatic heterocycles. The lowest BCUT2D eigenvalue weighted by Gasteiger charge is -2.22. The second kappa shape index (κ2) is 8.89. The Morgan fingerprint density at radius 1 is 1.19 bits per heavy atom. The average Bonchev–Trinajstić information content (AvgIpc) is 3.00. The van der Waals surface area contributed by atoms with Gasteiger partial charge in [0, 0.05) is 23.1 Å². The number of fused-ring (bicyclic) bond motifs is 1. The van der Waals surface area contributed by atoms with Crippen molar-refractivity contribution in [2.75, 3.05) is 6.54 Å². The monoisotopic (exact) mass is 447 g/mol. The van der Waals surface area contributed by atoms with Crippen molar-refractivity contribution in [2.24, 2.45) is 0 Å². The Morgan fingerprint density at radius 2 is 1.96 bits per heavy atom. The number of aromatic nitrogens is 2. The van der Waals surface area contributed by atoms with Gasteiger partial charge in [-0.2, -0.15) is 0 Å². The molecule has 3 rings (SSSR count). The second-order valence-corrected chi connectivity index (χ2v) is 7.85. The van der Waals surface area contributed by atoms with E-state index in [4.69, 9.17) is 16.6 Å². The Bertz CT molecular complexity index is 954. The number of carbonyl (C=O) groups is 1. The first-order valence-corrected chi connectivity index (χ1v) is 10.4. The fourth-order valence-corrected chi connectivity index (χ4v) is 3.94. The van der Waals surface area contributed by atoms with Gasteiger partial charge in [-0.05, 0) is 43.2 Å². The molecule has 27 heavy (non-hydrogen) atoms. The van der Waals surface area contributed by atoms with Gasteiger partial charge in [-0.1, -0.05) is 53.5 Å². The molecule has 4 nitrogen and oxygen atoms in total. The summed E-state index contributed by atoms with van der Waals surface area (Å²) >= 11 is 9.89. The van der Waals surface area contributed by atoms with Crippen molar-refractivity contribution in [2.45, 2.75) is 39.8 Å². The molecule has 3 aromatic rings. The van der Waals surface area contributed by atoms with Crippen LogP contribution in [0.1, 0.15) is 42.9 Å². The van der Waals surface area contributed by atoms with Crippen LogP contribution in [0.3, 0.4) is 0 Å². The SMILES string of the molecule is CCCN(Cc1nc2cccc(Cl)c2n1CCC)C(=O)c1cccc(Br)c1. The molecule has 1 heterocycles. The fraction of sp³-hybridized carbons (Fsp3) is 0.333. The summed E-state index contributed by atoms with van der Waals surface area (Å²) in [4.78, 5) is 19.7. The van der Waals surface area contributed by atoms with E-state index in [1.165, 1.54) is 0 Å². The van der Waals surface area contributed by atoms with Crippen LogP contribution in [-0.4, -0.2) is 26.9 Å². The van der Waals surface area contributed by atoms with E-state index >= 15 is 0 Å². The van der Waals surface area contributed by atoms with E-state index in [-0.39, 0.29) is 5.91 Å². The number of aryl methyl sites for hydroxylation is 1. The zero-order valence-corrected chi connectivity index (χ0v) is 17.9. The molecule has 0 saturated carbocycles. The van der Waals surface area contributed by atoms with Gasteiger partial charge in [0.25, 0.3) is 5.91 Å². The summed E-state index contributed by atoms with van der Waals surface area (Å²) in [7, 11) is 0. The summed E-state index contributed by atoms with van der Waals surface area (Å²) in [6.45, 7) is 6.16. The number of carbonyl (C=O) groups excluding carboxylic acids is 1. The van der Waals surface area contributed by atoms with Crippen LogP contribution < -0.4 is 0 Å². The van der Waals surface area contributed by atoms with Crippen molar-refractivity contribution in [3.63, 3.8) is 0 Å². The molecule has 2 aromatic carbocycles. The minimum atomic E-state index is 0.0133. The third-order valence-electron chi connectivity index (χ3n) is 4.43. The second-order valence-electron chi connectivity index (χ2n) is 6.52. The Labute approximate surface area is 173 Å². The number of hydrogen-bond donors (Lipinski definition) is 0. The maximum Gasteiger partial charge on any atom is 0.254 e. The first-order valence-electron chi connectivity index (χ1n) is 9.23. The first kappa shape index (κ1) is 19.9. The highest BCUT2D eigenvalue weighted by Crippen LogP contribution is 2.26. The molecule has 1 amide bonds. The number of hydrogen-bond acceptors (Lipinski definition) is 2. The highest BCUT2D eigenvalue weighted by Gasteiger charge is 2.20. The smallest absolute Gasteiger partial charge is 0.254 e. The van der Waals surface area contributed by atoms with Crippen molar-refractivity contribution in [3.05, 3.63) is 63.3 Å². The normalized spacial score (nSPS) is 11.1. The molecular formula is C21H23BrClN3O. The van der Waals surface area contributed by atoms with E-state index in [9.17, 15) is 4.79 Å². The quantitative estimate of drug-likeness (QED) is 0.450. The van der Waals surface area contributed by atoms with Crippen molar-refractivity contribution in [1.82, 2.24) is 14.5 Å². The first-order chi connectivity index (χ1) is 13.0. The topological polar surface area (TPSA) is 38.1 Å². The predicted molar refractivity (Wildman–Crippen MR) is 114 cm³/mol. The van der Waals surface area contributed by atoms with E-state index in [2.05, 4.69) is 34.3 Å². The third kappa shape index (κ3) is 4.36. The van der Waals surface area contributed by atoms with Gasteiger partial charge >= 0.3 is 0 Å². The lowest BCUT2D eigenvalue weighted by atomic mass is 10.2.